The highest BCUT2D eigenvalue weighted by molar-refractivity contribution is 5.98. The van der Waals surface area contributed by atoms with Crippen molar-refractivity contribution < 1.29 is 14.7 Å². The number of hydrogen-bond acceptors (Lipinski definition) is 6. The van der Waals surface area contributed by atoms with Crippen LogP contribution in [0, 0.1) is 12.8 Å². The molecule has 0 aliphatic carbocycles. The summed E-state index contributed by atoms with van der Waals surface area (Å²) in [7, 11) is 1.81. The number of aliphatic hydroxyl groups excluding tert-OH is 1. The average molecular weight is 362 g/mol. The first-order chi connectivity index (χ1) is 12.2. The van der Waals surface area contributed by atoms with Gasteiger partial charge in [0.1, 0.15) is 17.8 Å². The number of aromatic nitrogens is 2. The number of Topliss-reactive ketones (excluding diaryl/α,β-unsaturated/α-hetero) is 1. The predicted molar refractivity (Wildman–Crippen MR) is 102 cm³/mol. The molecule has 144 valence electrons. The smallest absolute Gasteiger partial charge is 0.270 e. The van der Waals surface area contributed by atoms with Crippen molar-refractivity contribution in [3.05, 3.63) is 29.2 Å². The van der Waals surface area contributed by atoms with Crippen LogP contribution in [0.1, 0.15) is 50.2 Å². The quantitative estimate of drug-likeness (QED) is 0.652. The summed E-state index contributed by atoms with van der Waals surface area (Å²) in [5, 5.41) is 12.1. The minimum atomic E-state index is -0.354. The summed E-state index contributed by atoms with van der Waals surface area (Å²) < 4.78 is 0. The van der Waals surface area contributed by atoms with Gasteiger partial charge in [-0.3, -0.25) is 9.59 Å². The van der Waals surface area contributed by atoms with Gasteiger partial charge in [0.05, 0.1) is 12.6 Å². The topological polar surface area (TPSA) is 95.4 Å². The third kappa shape index (κ3) is 5.62. The minimum absolute atomic E-state index is 0.0237. The van der Waals surface area contributed by atoms with Gasteiger partial charge in [-0.15, -0.1) is 0 Å². The molecule has 0 bridgehead atoms. The third-order valence-electron chi connectivity index (χ3n) is 4.27. The monoisotopic (exact) mass is 362 g/mol. The fraction of sp³-hybridized carbons (Fsp3) is 0.579. The number of rotatable bonds is 9. The number of anilines is 1. The fourth-order valence-electron chi connectivity index (χ4n) is 2.48. The van der Waals surface area contributed by atoms with Crippen molar-refractivity contribution in [2.45, 2.75) is 47.1 Å². The van der Waals surface area contributed by atoms with Crippen molar-refractivity contribution in [2.75, 3.05) is 25.1 Å². The largest absolute Gasteiger partial charge is 0.394 e. The zero-order valence-corrected chi connectivity index (χ0v) is 16.5. The van der Waals surface area contributed by atoms with E-state index in [1.807, 2.05) is 20.8 Å². The van der Waals surface area contributed by atoms with Gasteiger partial charge in [-0.1, -0.05) is 19.9 Å². The number of aliphatic hydroxyl groups is 1. The lowest BCUT2D eigenvalue weighted by Crippen LogP contribution is -2.34. The van der Waals surface area contributed by atoms with E-state index in [0.29, 0.717) is 23.4 Å². The highest BCUT2D eigenvalue weighted by Crippen LogP contribution is 2.19. The molecular formula is C19H30N4O3. The first kappa shape index (κ1) is 21.8. The van der Waals surface area contributed by atoms with Gasteiger partial charge in [0.25, 0.3) is 5.91 Å². The lowest BCUT2D eigenvalue weighted by molar-refractivity contribution is -0.116. The molecule has 0 spiro atoms. The van der Waals surface area contributed by atoms with Crippen LogP contribution in [0.2, 0.25) is 0 Å². The molecule has 0 radical (unpaired) electrons. The summed E-state index contributed by atoms with van der Waals surface area (Å²) in [6.07, 6.45) is 3.52. The Bertz CT molecular complexity index is 671. The number of carbonyl (C=O) groups is 2. The van der Waals surface area contributed by atoms with Crippen molar-refractivity contribution in [3.63, 3.8) is 0 Å². The Balaban J connectivity index is 2.90. The predicted octanol–water partition coefficient (Wildman–Crippen LogP) is 1.89. The van der Waals surface area contributed by atoms with Crippen LogP contribution in [-0.4, -0.2) is 53.0 Å². The second-order valence-electron chi connectivity index (χ2n) is 6.83. The lowest BCUT2D eigenvalue weighted by atomic mass is 10.0. The molecule has 0 aliphatic rings. The summed E-state index contributed by atoms with van der Waals surface area (Å²) in [6.45, 7) is 9.54. The van der Waals surface area contributed by atoms with E-state index < -0.39 is 0 Å². The lowest BCUT2D eigenvalue weighted by Gasteiger charge is -2.26. The third-order valence-corrected chi connectivity index (χ3v) is 4.27. The molecule has 26 heavy (non-hydrogen) atoms. The number of ketones is 1. The van der Waals surface area contributed by atoms with Gasteiger partial charge in [-0.25, -0.2) is 9.97 Å². The number of likely N-dealkylation sites (N-methyl/N-ethyl adjacent to an activating group) is 1. The van der Waals surface area contributed by atoms with Crippen molar-refractivity contribution in [1.29, 1.82) is 0 Å². The Morgan fingerprint density at radius 2 is 1.96 bits per heavy atom. The number of allylic oxidation sites excluding steroid dienone is 1. The molecule has 2 N–H and O–H groups in total. The minimum Gasteiger partial charge on any atom is -0.394 e. The van der Waals surface area contributed by atoms with Gasteiger partial charge in [0, 0.05) is 31.1 Å². The van der Waals surface area contributed by atoms with Crippen LogP contribution < -0.4 is 10.2 Å². The van der Waals surface area contributed by atoms with Crippen LogP contribution in [0.4, 0.5) is 5.82 Å². The number of hydrogen-bond donors (Lipinski definition) is 2. The Labute approximate surface area is 155 Å². The molecule has 1 heterocycles. The summed E-state index contributed by atoms with van der Waals surface area (Å²) in [4.78, 5) is 34.8. The second kappa shape index (κ2) is 10.0. The maximum Gasteiger partial charge on any atom is 0.270 e. The van der Waals surface area contributed by atoms with Crippen LogP contribution in [0.5, 0.6) is 0 Å². The zero-order chi connectivity index (χ0) is 19.9. The van der Waals surface area contributed by atoms with Gasteiger partial charge >= 0.3 is 0 Å². The van der Waals surface area contributed by atoms with Gasteiger partial charge in [-0.2, -0.15) is 0 Å². The molecule has 1 rings (SSSR count). The molecule has 1 atom stereocenters. The van der Waals surface area contributed by atoms with Crippen LogP contribution in [0.25, 0.3) is 0 Å². The van der Waals surface area contributed by atoms with Crippen LogP contribution in [0.15, 0.2) is 18.0 Å². The molecule has 1 amide bonds. The van der Waals surface area contributed by atoms with Gasteiger partial charge in [0.2, 0.25) is 0 Å². The van der Waals surface area contributed by atoms with Crippen LogP contribution in [-0.2, 0) is 4.79 Å². The molecule has 1 aromatic heterocycles. The number of nitrogens with one attached hydrogen (secondary N) is 1. The Morgan fingerprint density at radius 1 is 1.31 bits per heavy atom. The van der Waals surface area contributed by atoms with E-state index in [0.717, 1.165) is 0 Å². The second-order valence-corrected chi connectivity index (χ2v) is 6.83. The van der Waals surface area contributed by atoms with E-state index >= 15 is 0 Å². The Morgan fingerprint density at radius 3 is 2.50 bits per heavy atom. The van der Waals surface area contributed by atoms with E-state index in [1.54, 1.807) is 31.9 Å². The van der Waals surface area contributed by atoms with Crippen molar-refractivity contribution in [3.8, 4) is 0 Å². The van der Waals surface area contributed by atoms with Crippen molar-refractivity contribution >= 4 is 17.5 Å². The molecule has 0 aromatic carbocycles. The van der Waals surface area contributed by atoms with Crippen molar-refractivity contribution in [1.82, 2.24) is 15.3 Å². The molecule has 7 nitrogen and oxygen atoms in total. The SMILES string of the molecule is CC=C(CNC(=O)c1ncnc(N(C)C(C)CO)c1C)C(=O)CC(C)C. The van der Waals surface area contributed by atoms with E-state index in [2.05, 4.69) is 15.3 Å². The molecule has 7 heteroatoms. The normalized spacial score (nSPS) is 12.8. The first-order valence-electron chi connectivity index (χ1n) is 8.84. The van der Waals surface area contributed by atoms with E-state index in [1.165, 1.54) is 6.33 Å². The molecule has 1 aromatic rings. The van der Waals surface area contributed by atoms with Crippen molar-refractivity contribution in [2.24, 2.45) is 5.92 Å². The molecule has 0 aliphatic heterocycles. The molecular weight excluding hydrogens is 332 g/mol. The summed E-state index contributed by atoms with van der Waals surface area (Å²) >= 11 is 0. The maximum absolute atomic E-state index is 12.5. The first-order valence-corrected chi connectivity index (χ1v) is 8.84. The zero-order valence-electron chi connectivity index (χ0n) is 16.5. The van der Waals surface area contributed by atoms with Crippen LogP contribution >= 0.6 is 0 Å². The summed E-state index contributed by atoms with van der Waals surface area (Å²) in [5.74, 6) is 0.546. The number of amides is 1. The van der Waals surface area contributed by atoms with Gasteiger partial charge < -0.3 is 15.3 Å². The van der Waals surface area contributed by atoms with Gasteiger partial charge in [-0.05, 0) is 26.7 Å². The highest BCUT2D eigenvalue weighted by Gasteiger charge is 2.20. The molecule has 0 saturated heterocycles. The Kier molecular flexibility index (Phi) is 8.38. The van der Waals surface area contributed by atoms with Gasteiger partial charge in [0.15, 0.2) is 5.78 Å². The van der Waals surface area contributed by atoms with E-state index in [9.17, 15) is 14.7 Å². The molecule has 0 saturated carbocycles. The van der Waals surface area contributed by atoms with E-state index in [4.69, 9.17) is 0 Å². The standard InChI is InChI=1S/C19H30N4O3/c1-7-15(16(25)8-12(2)3)9-20-19(26)17-14(5)18(22-11-21-17)23(6)13(4)10-24/h7,11-13,24H,8-10H2,1-6H3,(H,20,26). The van der Waals surface area contributed by atoms with Crippen LogP contribution in [0.3, 0.4) is 0 Å². The maximum atomic E-state index is 12.5. The number of nitrogens with zero attached hydrogens (tertiary/aromatic N) is 3. The van der Waals surface area contributed by atoms with E-state index in [-0.39, 0.29) is 42.5 Å². The fourth-order valence-corrected chi connectivity index (χ4v) is 2.48. The molecule has 0 fully saturated rings. The Hall–Kier alpha value is -2.28. The molecule has 1 unspecified atom stereocenters. The summed E-state index contributed by atoms with van der Waals surface area (Å²) in [5.41, 5.74) is 1.48. The highest BCUT2D eigenvalue weighted by atomic mass is 16.3. The number of carbonyl (C=O) groups excluding carboxylic acids is 2. The average Bonchev–Trinajstić information content (AvgIpc) is 2.60. The summed E-state index contributed by atoms with van der Waals surface area (Å²) in [6, 6.07) is -0.136.